The summed E-state index contributed by atoms with van der Waals surface area (Å²) in [4.78, 5) is 10.9. The minimum absolute atomic E-state index is 0.00538. The molecule has 0 bridgehead atoms. The van der Waals surface area contributed by atoms with E-state index in [2.05, 4.69) is 0 Å². The zero-order valence-corrected chi connectivity index (χ0v) is 10.3. The van der Waals surface area contributed by atoms with Crippen molar-refractivity contribution in [2.24, 2.45) is 17.6 Å². The van der Waals surface area contributed by atoms with Gasteiger partial charge >= 0.3 is 5.97 Å². The van der Waals surface area contributed by atoms with Crippen LogP contribution < -0.4 is 5.73 Å². The fraction of sp³-hybridized carbons (Fsp3) is 0.462. The molecule has 0 spiro atoms. The number of hydrogen-bond donors (Lipinski definition) is 4. The van der Waals surface area contributed by atoms with Crippen molar-refractivity contribution in [3.8, 4) is 11.5 Å². The van der Waals surface area contributed by atoms with E-state index in [1.807, 2.05) is 6.92 Å². The molecular weight excluding hydrogens is 234 g/mol. The molecule has 100 valence electrons. The SMILES string of the molecule is CC(Cc1cc(O)cc(O)c1)CC(CN)C(=O)O. The topological polar surface area (TPSA) is 104 Å². The van der Waals surface area contributed by atoms with Gasteiger partial charge in [0.1, 0.15) is 11.5 Å². The molecule has 5 nitrogen and oxygen atoms in total. The Hall–Kier alpha value is -1.75. The van der Waals surface area contributed by atoms with E-state index < -0.39 is 11.9 Å². The molecule has 0 fully saturated rings. The maximum atomic E-state index is 10.9. The lowest BCUT2D eigenvalue weighted by molar-refractivity contribution is -0.141. The minimum Gasteiger partial charge on any atom is -0.508 e. The molecular formula is C13H19NO4. The first-order valence-corrected chi connectivity index (χ1v) is 5.87. The molecule has 0 aromatic heterocycles. The number of carbonyl (C=O) groups is 1. The van der Waals surface area contributed by atoms with Crippen LogP contribution in [-0.2, 0) is 11.2 Å². The zero-order chi connectivity index (χ0) is 13.7. The lowest BCUT2D eigenvalue weighted by Crippen LogP contribution is -2.25. The molecule has 0 radical (unpaired) electrons. The van der Waals surface area contributed by atoms with E-state index in [1.54, 1.807) is 12.1 Å². The quantitative estimate of drug-likeness (QED) is 0.612. The summed E-state index contributed by atoms with van der Waals surface area (Å²) >= 11 is 0. The number of aromatic hydroxyl groups is 2. The number of phenolic OH excluding ortho intramolecular Hbond substituents is 2. The van der Waals surface area contributed by atoms with Gasteiger partial charge < -0.3 is 21.1 Å². The van der Waals surface area contributed by atoms with Gasteiger partial charge in [0.25, 0.3) is 0 Å². The predicted octanol–water partition coefficient (Wildman–Crippen LogP) is 1.33. The number of aliphatic carboxylic acids is 1. The normalized spacial score (nSPS) is 14.1. The minimum atomic E-state index is -0.886. The molecule has 5 N–H and O–H groups in total. The Balaban J connectivity index is 2.63. The Morgan fingerprint density at radius 2 is 1.83 bits per heavy atom. The Morgan fingerprint density at radius 1 is 1.28 bits per heavy atom. The molecule has 0 aliphatic carbocycles. The summed E-state index contributed by atoms with van der Waals surface area (Å²) in [6.45, 7) is 2.04. The standard InChI is InChI=1S/C13H19NO4/c1-8(3-10(7-14)13(17)18)2-9-4-11(15)6-12(16)5-9/h4-6,8,10,15-16H,2-3,7,14H2,1H3,(H,17,18). The third-order valence-electron chi connectivity index (χ3n) is 2.87. The molecule has 0 saturated heterocycles. The second-order valence-corrected chi connectivity index (χ2v) is 4.67. The Bertz CT molecular complexity index is 399. The van der Waals surface area contributed by atoms with Crippen molar-refractivity contribution in [1.82, 2.24) is 0 Å². The predicted molar refractivity (Wildman–Crippen MR) is 67.4 cm³/mol. The van der Waals surface area contributed by atoms with Gasteiger partial charge in [0, 0.05) is 12.6 Å². The van der Waals surface area contributed by atoms with Gasteiger partial charge in [-0.25, -0.2) is 0 Å². The van der Waals surface area contributed by atoms with Gasteiger partial charge in [0.2, 0.25) is 0 Å². The van der Waals surface area contributed by atoms with E-state index in [0.717, 1.165) is 5.56 Å². The number of carboxylic acids is 1. The molecule has 0 amide bonds. The summed E-state index contributed by atoms with van der Waals surface area (Å²) in [7, 11) is 0. The zero-order valence-electron chi connectivity index (χ0n) is 10.3. The lowest BCUT2D eigenvalue weighted by Gasteiger charge is -2.16. The molecule has 0 aliphatic heterocycles. The Kier molecular flexibility index (Phi) is 4.97. The van der Waals surface area contributed by atoms with Gasteiger partial charge in [-0.15, -0.1) is 0 Å². The molecule has 0 saturated carbocycles. The molecule has 2 atom stereocenters. The van der Waals surface area contributed by atoms with E-state index in [9.17, 15) is 15.0 Å². The van der Waals surface area contributed by atoms with Crippen LogP contribution in [0.4, 0.5) is 0 Å². The van der Waals surface area contributed by atoms with Crippen molar-refractivity contribution in [3.63, 3.8) is 0 Å². The van der Waals surface area contributed by atoms with Crippen molar-refractivity contribution in [3.05, 3.63) is 23.8 Å². The van der Waals surface area contributed by atoms with Crippen molar-refractivity contribution in [1.29, 1.82) is 0 Å². The van der Waals surface area contributed by atoms with Crippen LogP contribution in [0.5, 0.6) is 11.5 Å². The number of rotatable bonds is 6. The van der Waals surface area contributed by atoms with Gasteiger partial charge in [-0.2, -0.15) is 0 Å². The van der Waals surface area contributed by atoms with Gasteiger partial charge in [-0.3, -0.25) is 4.79 Å². The fourth-order valence-electron chi connectivity index (χ4n) is 2.04. The van der Waals surface area contributed by atoms with Crippen LogP contribution in [0.2, 0.25) is 0 Å². The van der Waals surface area contributed by atoms with Crippen molar-refractivity contribution in [2.75, 3.05) is 6.54 Å². The number of nitrogens with two attached hydrogens (primary N) is 1. The number of phenols is 2. The van der Waals surface area contributed by atoms with Crippen LogP contribution in [0, 0.1) is 11.8 Å². The second kappa shape index (κ2) is 6.26. The van der Waals surface area contributed by atoms with Crippen molar-refractivity contribution >= 4 is 5.97 Å². The highest BCUT2D eigenvalue weighted by Crippen LogP contribution is 2.24. The summed E-state index contributed by atoms with van der Waals surface area (Å²) < 4.78 is 0. The summed E-state index contributed by atoms with van der Waals surface area (Å²) in [6.07, 6.45) is 1.06. The molecule has 1 aromatic rings. The lowest BCUT2D eigenvalue weighted by atomic mass is 9.90. The second-order valence-electron chi connectivity index (χ2n) is 4.67. The van der Waals surface area contributed by atoms with Crippen LogP contribution >= 0.6 is 0 Å². The van der Waals surface area contributed by atoms with Gasteiger partial charge in [-0.1, -0.05) is 6.92 Å². The maximum Gasteiger partial charge on any atom is 0.307 e. The Morgan fingerprint density at radius 3 is 2.28 bits per heavy atom. The smallest absolute Gasteiger partial charge is 0.307 e. The van der Waals surface area contributed by atoms with Gasteiger partial charge in [0.15, 0.2) is 0 Å². The fourth-order valence-corrected chi connectivity index (χ4v) is 2.04. The molecule has 5 heteroatoms. The summed E-state index contributed by atoms with van der Waals surface area (Å²) in [5, 5.41) is 27.6. The molecule has 0 aliphatic rings. The van der Waals surface area contributed by atoms with Crippen LogP contribution in [0.1, 0.15) is 18.9 Å². The third kappa shape index (κ3) is 4.25. The summed E-state index contributed by atoms with van der Waals surface area (Å²) in [6, 6.07) is 4.39. The molecule has 1 rings (SSSR count). The highest BCUT2D eigenvalue weighted by molar-refractivity contribution is 5.70. The first kappa shape index (κ1) is 14.3. The van der Waals surface area contributed by atoms with E-state index in [-0.39, 0.29) is 24.0 Å². The monoisotopic (exact) mass is 253 g/mol. The van der Waals surface area contributed by atoms with Gasteiger partial charge in [-0.05, 0) is 36.5 Å². The maximum absolute atomic E-state index is 10.9. The van der Waals surface area contributed by atoms with Crippen molar-refractivity contribution < 1.29 is 20.1 Å². The summed E-state index contributed by atoms with van der Waals surface area (Å²) in [5.74, 6) is -1.32. The number of carboxylic acid groups (broad SMARTS) is 1. The average Bonchev–Trinajstić information content (AvgIpc) is 2.23. The van der Waals surface area contributed by atoms with Crippen LogP contribution in [0.25, 0.3) is 0 Å². The first-order chi connectivity index (χ1) is 8.42. The molecule has 1 aromatic carbocycles. The number of benzene rings is 1. The molecule has 18 heavy (non-hydrogen) atoms. The van der Waals surface area contributed by atoms with E-state index in [0.29, 0.717) is 12.8 Å². The highest BCUT2D eigenvalue weighted by atomic mass is 16.4. The third-order valence-corrected chi connectivity index (χ3v) is 2.87. The van der Waals surface area contributed by atoms with Gasteiger partial charge in [0.05, 0.1) is 5.92 Å². The van der Waals surface area contributed by atoms with Crippen LogP contribution in [0.3, 0.4) is 0 Å². The Labute approximate surface area is 106 Å². The van der Waals surface area contributed by atoms with E-state index >= 15 is 0 Å². The van der Waals surface area contributed by atoms with E-state index in [4.69, 9.17) is 10.8 Å². The highest BCUT2D eigenvalue weighted by Gasteiger charge is 2.19. The molecule has 2 unspecified atom stereocenters. The largest absolute Gasteiger partial charge is 0.508 e. The van der Waals surface area contributed by atoms with Crippen LogP contribution in [-0.4, -0.2) is 27.8 Å². The summed E-state index contributed by atoms with van der Waals surface area (Å²) in [5.41, 5.74) is 6.18. The number of hydrogen-bond acceptors (Lipinski definition) is 4. The van der Waals surface area contributed by atoms with Crippen LogP contribution in [0.15, 0.2) is 18.2 Å². The van der Waals surface area contributed by atoms with E-state index in [1.165, 1.54) is 6.07 Å². The first-order valence-electron chi connectivity index (χ1n) is 5.87. The van der Waals surface area contributed by atoms with Crippen molar-refractivity contribution in [2.45, 2.75) is 19.8 Å². The molecule has 0 heterocycles. The average molecular weight is 253 g/mol.